The molecule has 0 aromatic heterocycles. The first-order chi connectivity index (χ1) is 6.48. The van der Waals surface area contributed by atoms with Crippen molar-refractivity contribution in [3.63, 3.8) is 0 Å². The van der Waals surface area contributed by atoms with Crippen LogP contribution in [0.2, 0.25) is 0 Å². The first-order valence-electron chi connectivity index (χ1n) is 5.88. The van der Waals surface area contributed by atoms with Gasteiger partial charge in [0.15, 0.2) is 0 Å². The molecule has 80 valence electrons. The van der Waals surface area contributed by atoms with Crippen LogP contribution >= 0.6 is 0 Å². The molecular formula is C14H24. The van der Waals surface area contributed by atoms with E-state index in [1.807, 2.05) is 0 Å². The SMILES string of the molecule is CCC(C)(CC(C)C)C1=CC(C)C=C1. The van der Waals surface area contributed by atoms with Crippen molar-refractivity contribution in [3.05, 3.63) is 23.8 Å². The Morgan fingerprint density at radius 3 is 2.43 bits per heavy atom. The van der Waals surface area contributed by atoms with Gasteiger partial charge in [0, 0.05) is 0 Å². The zero-order chi connectivity index (χ0) is 10.8. The lowest BCUT2D eigenvalue weighted by molar-refractivity contribution is 0.308. The molecule has 0 amide bonds. The molecular weight excluding hydrogens is 168 g/mol. The predicted octanol–water partition coefficient (Wildman–Crippen LogP) is 4.58. The average molecular weight is 192 g/mol. The Bertz CT molecular complexity index is 245. The van der Waals surface area contributed by atoms with Crippen molar-refractivity contribution in [1.29, 1.82) is 0 Å². The molecule has 2 atom stereocenters. The lowest BCUT2D eigenvalue weighted by atomic mass is 9.74. The van der Waals surface area contributed by atoms with Crippen LogP contribution in [0.4, 0.5) is 0 Å². The molecule has 0 aromatic rings. The zero-order valence-corrected chi connectivity index (χ0v) is 10.3. The molecule has 0 aromatic carbocycles. The fourth-order valence-electron chi connectivity index (χ4n) is 2.42. The fourth-order valence-corrected chi connectivity index (χ4v) is 2.42. The summed E-state index contributed by atoms with van der Waals surface area (Å²) in [5.74, 6) is 1.42. The molecule has 0 saturated carbocycles. The summed E-state index contributed by atoms with van der Waals surface area (Å²) in [6.07, 6.45) is 9.60. The van der Waals surface area contributed by atoms with Gasteiger partial charge < -0.3 is 0 Å². The molecule has 0 heterocycles. The topological polar surface area (TPSA) is 0 Å². The maximum Gasteiger partial charge on any atom is -0.00726 e. The van der Waals surface area contributed by atoms with Gasteiger partial charge in [0.25, 0.3) is 0 Å². The van der Waals surface area contributed by atoms with Crippen molar-refractivity contribution < 1.29 is 0 Å². The summed E-state index contributed by atoms with van der Waals surface area (Å²) in [6.45, 7) is 11.6. The van der Waals surface area contributed by atoms with Crippen molar-refractivity contribution in [2.45, 2.75) is 47.5 Å². The van der Waals surface area contributed by atoms with E-state index in [1.165, 1.54) is 12.8 Å². The van der Waals surface area contributed by atoms with Crippen LogP contribution in [-0.2, 0) is 0 Å². The fraction of sp³-hybridized carbons (Fsp3) is 0.714. The lowest BCUT2D eigenvalue weighted by Gasteiger charge is -2.31. The summed E-state index contributed by atoms with van der Waals surface area (Å²) in [5, 5.41) is 0. The smallest absolute Gasteiger partial charge is 0.00726 e. The Balaban J connectivity index is 2.80. The van der Waals surface area contributed by atoms with Gasteiger partial charge in [0.2, 0.25) is 0 Å². The molecule has 14 heavy (non-hydrogen) atoms. The molecule has 0 nitrogen and oxygen atoms in total. The third-order valence-corrected chi connectivity index (χ3v) is 3.36. The largest absolute Gasteiger partial charge is 0.0776 e. The normalized spacial score (nSPS) is 25.3. The summed E-state index contributed by atoms with van der Waals surface area (Å²) in [4.78, 5) is 0. The van der Waals surface area contributed by atoms with Gasteiger partial charge in [-0.25, -0.2) is 0 Å². The van der Waals surface area contributed by atoms with Crippen LogP contribution in [0.5, 0.6) is 0 Å². The number of rotatable bonds is 4. The minimum atomic E-state index is 0.398. The van der Waals surface area contributed by atoms with E-state index in [9.17, 15) is 0 Å². The Labute approximate surface area is 89.1 Å². The second-order valence-corrected chi connectivity index (χ2v) is 5.35. The van der Waals surface area contributed by atoms with Crippen LogP contribution in [0.1, 0.15) is 47.5 Å². The monoisotopic (exact) mass is 192 g/mol. The number of allylic oxidation sites excluding steroid dienone is 4. The third-order valence-electron chi connectivity index (χ3n) is 3.36. The van der Waals surface area contributed by atoms with Crippen LogP contribution in [0.15, 0.2) is 23.8 Å². The molecule has 0 bridgehead atoms. The van der Waals surface area contributed by atoms with Crippen LogP contribution < -0.4 is 0 Å². The van der Waals surface area contributed by atoms with E-state index in [4.69, 9.17) is 0 Å². The standard InChI is InChI=1S/C14H24/c1-6-14(5,10-11(2)3)13-8-7-12(4)9-13/h7-9,11-12H,6,10H2,1-5H3. The third kappa shape index (κ3) is 2.50. The molecule has 0 heteroatoms. The van der Waals surface area contributed by atoms with Gasteiger partial charge in [-0.1, -0.05) is 52.8 Å². The van der Waals surface area contributed by atoms with Gasteiger partial charge in [-0.05, 0) is 35.7 Å². The van der Waals surface area contributed by atoms with E-state index in [0.717, 1.165) is 5.92 Å². The summed E-state index contributed by atoms with van der Waals surface area (Å²) >= 11 is 0. The Kier molecular flexibility index (Phi) is 3.58. The van der Waals surface area contributed by atoms with E-state index in [-0.39, 0.29) is 0 Å². The Morgan fingerprint density at radius 2 is 2.07 bits per heavy atom. The van der Waals surface area contributed by atoms with Crippen molar-refractivity contribution in [1.82, 2.24) is 0 Å². The highest BCUT2D eigenvalue weighted by Crippen LogP contribution is 2.40. The van der Waals surface area contributed by atoms with Crippen LogP contribution in [0, 0.1) is 17.3 Å². The second kappa shape index (κ2) is 4.33. The van der Waals surface area contributed by atoms with E-state index in [2.05, 4.69) is 52.8 Å². The average Bonchev–Trinajstić information content (AvgIpc) is 2.51. The van der Waals surface area contributed by atoms with Crippen LogP contribution in [-0.4, -0.2) is 0 Å². The summed E-state index contributed by atoms with van der Waals surface area (Å²) in [7, 11) is 0. The van der Waals surface area contributed by atoms with E-state index < -0.39 is 0 Å². The molecule has 0 aliphatic heterocycles. The van der Waals surface area contributed by atoms with Crippen molar-refractivity contribution in [2.75, 3.05) is 0 Å². The van der Waals surface area contributed by atoms with E-state index in [1.54, 1.807) is 5.57 Å². The zero-order valence-electron chi connectivity index (χ0n) is 10.3. The van der Waals surface area contributed by atoms with Gasteiger partial charge in [-0.2, -0.15) is 0 Å². The van der Waals surface area contributed by atoms with E-state index in [0.29, 0.717) is 11.3 Å². The van der Waals surface area contributed by atoms with Gasteiger partial charge in [0.1, 0.15) is 0 Å². The molecule has 1 aliphatic carbocycles. The molecule has 1 aliphatic rings. The van der Waals surface area contributed by atoms with Crippen LogP contribution in [0.25, 0.3) is 0 Å². The van der Waals surface area contributed by atoms with Gasteiger partial charge in [-0.15, -0.1) is 0 Å². The highest BCUT2D eigenvalue weighted by Gasteiger charge is 2.28. The molecule has 0 spiro atoms. The van der Waals surface area contributed by atoms with Gasteiger partial charge >= 0.3 is 0 Å². The lowest BCUT2D eigenvalue weighted by Crippen LogP contribution is -2.19. The summed E-state index contributed by atoms with van der Waals surface area (Å²) in [6, 6.07) is 0. The highest BCUT2D eigenvalue weighted by molar-refractivity contribution is 5.33. The molecule has 1 rings (SSSR count). The quantitative estimate of drug-likeness (QED) is 0.611. The Hall–Kier alpha value is -0.520. The first-order valence-corrected chi connectivity index (χ1v) is 5.88. The minimum absolute atomic E-state index is 0.398. The van der Waals surface area contributed by atoms with Crippen molar-refractivity contribution >= 4 is 0 Å². The predicted molar refractivity (Wildman–Crippen MR) is 64.2 cm³/mol. The highest BCUT2D eigenvalue weighted by atomic mass is 14.3. The maximum absolute atomic E-state index is 2.42. The molecule has 0 saturated heterocycles. The number of hydrogen-bond acceptors (Lipinski definition) is 0. The molecule has 0 fully saturated rings. The van der Waals surface area contributed by atoms with Gasteiger partial charge in [0.05, 0.1) is 0 Å². The second-order valence-electron chi connectivity index (χ2n) is 5.35. The van der Waals surface area contributed by atoms with Crippen LogP contribution in [0.3, 0.4) is 0 Å². The first kappa shape index (κ1) is 11.6. The Morgan fingerprint density at radius 1 is 1.43 bits per heavy atom. The van der Waals surface area contributed by atoms with E-state index >= 15 is 0 Å². The molecule has 2 unspecified atom stereocenters. The maximum atomic E-state index is 2.42. The number of hydrogen-bond donors (Lipinski definition) is 0. The van der Waals surface area contributed by atoms with Gasteiger partial charge in [-0.3, -0.25) is 0 Å². The summed E-state index contributed by atoms with van der Waals surface area (Å²) in [5.41, 5.74) is 1.95. The minimum Gasteiger partial charge on any atom is -0.0776 e. The van der Waals surface area contributed by atoms with Crippen molar-refractivity contribution in [2.24, 2.45) is 17.3 Å². The van der Waals surface area contributed by atoms with Crippen molar-refractivity contribution in [3.8, 4) is 0 Å². The summed E-state index contributed by atoms with van der Waals surface area (Å²) < 4.78 is 0. The molecule has 0 radical (unpaired) electrons. The molecule has 0 N–H and O–H groups in total.